The number of thiophene rings is 1. The molecule has 0 amide bonds. The molecule has 0 fully saturated rings. The highest BCUT2D eigenvalue weighted by atomic mass is 32.1. The summed E-state index contributed by atoms with van der Waals surface area (Å²) in [6, 6.07) is 57.5. The van der Waals surface area contributed by atoms with Gasteiger partial charge in [-0.2, -0.15) is 0 Å². The van der Waals surface area contributed by atoms with Crippen LogP contribution in [0.4, 0.5) is 0 Å². The van der Waals surface area contributed by atoms with Crippen molar-refractivity contribution in [3.8, 4) is 56.4 Å². The first-order valence-electron chi connectivity index (χ1n) is 15.7. The average molecular weight is 618 g/mol. The van der Waals surface area contributed by atoms with E-state index in [4.69, 9.17) is 15.0 Å². The highest BCUT2D eigenvalue weighted by Crippen LogP contribution is 2.40. The zero-order valence-electron chi connectivity index (χ0n) is 25.3. The van der Waals surface area contributed by atoms with Gasteiger partial charge in [0.15, 0.2) is 17.5 Å². The molecule has 0 aliphatic rings. The lowest BCUT2D eigenvalue weighted by Crippen LogP contribution is -2.00. The third-order valence-corrected chi connectivity index (χ3v) is 9.91. The summed E-state index contributed by atoms with van der Waals surface area (Å²) in [5.74, 6) is 1.97. The number of nitrogens with zero attached hydrogens (tertiary/aromatic N) is 3. The Kier molecular flexibility index (Phi) is 6.65. The summed E-state index contributed by atoms with van der Waals surface area (Å²) in [5.41, 5.74) is 7.53. The minimum atomic E-state index is 0.651. The van der Waals surface area contributed by atoms with Gasteiger partial charge in [0.25, 0.3) is 0 Å². The first-order chi connectivity index (χ1) is 23.3. The topological polar surface area (TPSA) is 38.7 Å². The molecule has 9 aromatic rings. The van der Waals surface area contributed by atoms with Gasteiger partial charge in [-0.05, 0) is 51.2 Å². The van der Waals surface area contributed by atoms with Crippen LogP contribution < -0.4 is 0 Å². The van der Waals surface area contributed by atoms with E-state index in [9.17, 15) is 0 Å². The summed E-state index contributed by atoms with van der Waals surface area (Å²) in [7, 11) is 0. The zero-order chi connectivity index (χ0) is 31.2. The summed E-state index contributed by atoms with van der Waals surface area (Å²) in [6.07, 6.45) is 0. The number of hydrogen-bond acceptors (Lipinski definition) is 4. The van der Waals surface area contributed by atoms with Crippen molar-refractivity contribution in [3.05, 3.63) is 164 Å². The molecule has 0 saturated carbocycles. The number of hydrogen-bond donors (Lipinski definition) is 0. The van der Waals surface area contributed by atoms with Gasteiger partial charge >= 0.3 is 0 Å². The molecule has 0 aliphatic heterocycles. The lowest BCUT2D eigenvalue weighted by molar-refractivity contribution is 1.07. The van der Waals surface area contributed by atoms with E-state index >= 15 is 0 Å². The number of fused-ring (bicyclic) bond motifs is 5. The summed E-state index contributed by atoms with van der Waals surface area (Å²) in [4.78, 5) is 14.7. The van der Waals surface area contributed by atoms with Crippen LogP contribution >= 0.6 is 11.3 Å². The number of aromatic nitrogens is 3. The second-order valence-corrected chi connectivity index (χ2v) is 12.7. The number of benzene rings is 7. The van der Waals surface area contributed by atoms with Crippen LogP contribution in [0.25, 0.3) is 87.4 Å². The number of rotatable bonds is 5. The fourth-order valence-corrected chi connectivity index (χ4v) is 7.62. The molecule has 0 aliphatic carbocycles. The van der Waals surface area contributed by atoms with Gasteiger partial charge in [0.05, 0.1) is 0 Å². The van der Waals surface area contributed by atoms with Crippen molar-refractivity contribution in [2.45, 2.75) is 0 Å². The Morgan fingerprint density at radius 2 is 0.809 bits per heavy atom. The van der Waals surface area contributed by atoms with Gasteiger partial charge in [-0.1, -0.05) is 146 Å². The highest BCUT2D eigenvalue weighted by molar-refractivity contribution is 7.26. The third-order valence-electron chi connectivity index (χ3n) is 8.71. The van der Waals surface area contributed by atoms with Crippen molar-refractivity contribution in [1.82, 2.24) is 15.0 Å². The second-order valence-electron chi connectivity index (χ2n) is 11.7. The van der Waals surface area contributed by atoms with Gasteiger partial charge in [0.1, 0.15) is 0 Å². The molecule has 3 nitrogen and oxygen atoms in total. The van der Waals surface area contributed by atoms with E-state index in [0.717, 1.165) is 27.8 Å². The lowest BCUT2D eigenvalue weighted by Gasteiger charge is -2.10. The predicted octanol–water partition coefficient (Wildman–Crippen LogP) is 11.7. The molecule has 2 heterocycles. The molecule has 220 valence electrons. The van der Waals surface area contributed by atoms with E-state index in [1.165, 1.54) is 42.1 Å². The fraction of sp³-hybridized carbons (Fsp3) is 0. The molecule has 9 rings (SSSR count). The SMILES string of the molecule is c1ccc(-c2nc(-c3ccccc3)nc(-c3cccc(-c4cccc(-c5ccc6c(c5)sc5c7ccccc7ccc65)c4)c3)n2)cc1. The molecular weight excluding hydrogens is 591 g/mol. The van der Waals surface area contributed by atoms with Crippen molar-refractivity contribution in [3.63, 3.8) is 0 Å². The van der Waals surface area contributed by atoms with E-state index in [1.54, 1.807) is 0 Å². The van der Waals surface area contributed by atoms with Crippen molar-refractivity contribution in [1.29, 1.82) is 0 Å². The molecule has 0 radical (unpaired) electrons. The van der Waals surface area contributed by atoms with Gasteiger partial charge in [-0.3, -0.25) is 0 Å². The first-order valence-corrected chi connectivity index (χ1v) is 16.5. The smallest absolute Gasteiger partial charge is 0.164 e. The van der Waals surface area contributed by atoms with E-state index in [1.807, 2.05) is 72.0 Å². The average Bonchev–Trinajstić information content (AvgIpc) is 3.54. The summed E-state index contributed by atoms with van der Waals surface area (Å²) < 4.78 is 2.66. The van der Waals surface area contributed by atoms with Crippen LogP contribution in [0.5, 0.6) is 0 Å². The van der Waals surface area contributed by atoms with Crippen LogP contribution in [0.15, 0.2) is 164 Å². The maximum Gasteiger partial charge on any atom is 0.164 e. The van der Waals surface area contributed by atoms with Gasteiger partial charge in [-0.15, -0.1) is 11.3 Å². The molecule has 47 heavy (non-hydrogen) atoms. The van der Waals surface area contributed by atoms with E-state index < -0.39 is 0 Å². The predicted molar refractivity (Wildman–Crippen MR) is 197 cm³/mol. The molecule has 4 heteroatoms. The largest absolute Gasteiger partial charge is 0.208 e. The van der Waals surface area contributed by atoms with Crippen molar-refractivity contribution in [2.75, 3.05) is 0 Å². The van der Waals surface area contributed by atoms with Crippen LogP contribution in [-0.2, 0) is 0 Å². The highest BCUT2D eigenvalue weighted by Gasteiger charge is 2.14. The van der Waals surface area contributed by atoms with Crippen LogP contribution in [0, 0.1) is 0 Å². The summed E-state index contributed by atoms with van der Waals surface area (Å²) in [6.45, 7) is 0. The maximum absolute atomic E-state index is 4.94. The van der Waals surface area contributed by atoms with Crippen molar-refractivity contribution < 1.29 is 0 Å². The van der Waals surface area contributed by atoms with Gasteiger partial charge in [-0.25, -0.2) is 15.0 Å². The van der Waals surface area contributed by atoms with E-state index in [0.29, 0.717) is 17.5 Å². The molecule has 0 saturated heterocycles. The quantitative estimate of drug-likeness (QED) is 0.193. The van der Waals surface area contributed by atoms with Crippen LogP contribution in [0.1, 0.15) is 0 Å². The Morgan fingerprint density at radius 1 is 0.319 bits per heavy atom. The Balaban J connectivity index is 1.11. The van der Waals surface area contributed by atoms with Gasteiger partial charge in [0, 0.05) is 36.9 Å². The van der Waals surface area contributed by atoms with Gasteiger partial charge < -0.3 is 0 Å². The van der Waals surface area contributed by atoms with Crippen molar-refractivity contribution >= 4 is 42.3 Å². The molecule has 0 atom stereocenters. The maximum atomic E-state index is 4.94. The molecule has 0 bridgehead atoms. The zero-order valence-corrected chi connectivity index (χ0v) is 26.2. The molecule has 7 aromatic carbocycles. The second kappa shape index (κ2) is 11.4. The minimum absolute atomic E-state index is 0.651. The summed E-state index contributed by atoms with van der Waals surface area (Å²) in [5, 5.41) is 5.24. The Morgan fingerprint density at radius 3 is 1.47 bits per heavy atom. The lowest BCUT2D eigenvalue weighted by atomic mass is 9.97. The Labute approximate surface area is 276 Å². The summed E-state index contributed by atoms with van der Waals surface area (Å²) >= 11 is 1.88. The van der Waals surface area contributed by atoms with Crippen molar-refractivity contribution in [2.24, 2.45) is 0 Å². The molecule has 0 spiro atoms. The molecule has 0 N–H and O–H groups in total. The van der Waals surface area contributed by atoms with Gasteiger partial charge in [0.2, 0.25) is 0 Å². The van der Waals surface area contributed by atoms with Crippen LogP contribution in [0.3, 0.4) is 0 Å². The fourth-order valence-electron chi connectivity index (χ4n) is 6.34. The Bertz CT molecular complexity index is 2510. The van der Waals surface area contributed by atoms with Crippen LogP contribution in [-0.4, -0.2) is 15.0 Å². The van der Waals surface area contributed by atoms with E-state index in [2.05, 4.69) is 103 Å². The monoisotopic (exact) mass is 617 g/mol. The first kappa shape index (κ1) is 27.3. The molecule has 0 unspecified atom stereocenters. The Hall–Kier alpha value is -5.97. The third kappa shape index (κ3) is 5.05. The van der Waals surface area contributed by atoms with Crippen LogP contribution in [0.2, 0.25) is 0 Å². The molecular formula is C43H27N3S. The van der Waals surface area contributed by atoms with E-state index in [-0.39, 0.29) is 0 Å². The molecule has 2 aromatic heterocycles. The normalized spacial score (nSPS) is 11.4. The standard InChI is InChI=1S/C43H27N3S/c1-3-12-29(13-4-1)41-44-42(30-14-5-2-6-15-30)46-43(45-41)35-19-10-18-33(26-35)31-16-9-17-32(25-31)34-22-23-37-38-24-21-28-11-7-8-20-36(28)40(38)47-39(37)27-34/h1-27H. The minimum Gasteiger partial charge on any atom is -0.208 e.